The van der Waals surface area contributed by atoms with Crippen LogP contribution in [0.25, 0.3) is 10.8 Å². The molecule has 39 heavy (non-hydrogen) atoms. The molecule has 3 aromatic rings. The van der Waals surface area contributed by atoms with Crippen molar-refractivity contribution in [2.75, 3.05) is 13.7 Å². The number of hydrogen-bond acceptors (Lipinski definition) is 5. The molecule has 0 atom stereocenters. The third kappa shape index (κ3) is 7.59. The highest BCUT2D eigenvalue weighted by Crippen LogP contribution is 2.33. The molecule has 0 bridgehead atoms. The van der Waals surface area contributed by atoms with Crippen molar-refractivity contribution in [1.29, 1.82) is 0 Å². The van der Waals surface area contributed by atoms with Gasteiger partial charge in [-0.25, -0.2) is 4.98 Å². The van der Waals surface area contributed by atoms with Gasteiger partial charge in [-0.3, -0.25) is 9.59 Å². The average molecular weight is 531 g/mol. The minimum Gasteiger partial charge on any atom is -0.469 e. The lowest BCUT2D eigenvalue weighted by Crippen LogP contribution is -2.36. The highest BCUT2D eigenvalue weighted by Gasteiger charge is 2.25. The van der Waals surface area contributed by atoms with Gasteiger partial charge in [-0.15, -0.1) is 0 Å². The van der Waals surface area contributed by atoms with E-state index in [2.05, 4.69) is 44.3 Å². The van der Waals surface area contributed by atoms with Gasteiger partial charge >= 0.3 is 5.97 Å². The fraction of sp³-hybridized carbons (Fsp3) is 0.485. The minimum atomic E-state index is -0.435. The zero-order valence-corrected chi connectivity index (χ0v) is 24.2. The summed E-state index contributed by atoms with van der Waals surface area (Å²) in [6.45, 7) is 10.8. The van der Waals surface area contributed by atoms with Crippen molar-refractivity contribution in [1.82, 2.24) is 10.3 Å². The summed E-state index contributed by atoms with van der Waals surface area (Å²) < 4.78 is 11.0. The van der Waals surface area contributed by atoms with E-state index < -0.39 is 5.41 Å². The van der Waals surface area contributed by atoms with Gasteiger partial charge in [0.15, 0.2) is 0 Å². The lowest BCUT2D eigenvalue weighted by Gasteiger charge is -2.23. The van der Waals surface area contributed by atoms with Crippen LogP contribution in [0, 0.1) is 11.3 Å². The first-order valence-electron chi connectivity index (χ1n) is 14.0. The topological polar surface area (TPSA) is 77.5 Å². The van der Waals surface area contributed by atoms with E-state index in [-0.39, 0.29) is 23.7 Å². The molecular formula is C33H42N2O4. The summed E-state index contributed by atoms with van der Waals surface area (Å²) in [5.41, 5.74) is 2.24. The molecule has 1 N–H and O–H groups in total. The second-order valence-electron chi connectivity index (χ2n) is 12.7. The molecular weight excluding hydrogens is 488 g/mol. The molecule has 1 aliphatic carbocycles. The summed E-state index contributed by atoms with van der Waals surface area (Å²) in [6, 6.07) is 16.1. The minimum absolute atomic E-state index is 0.0791. The van der Waals surface area contributed by atoms with Crippen LogP contribution in [0.4, 0.5) is 0 Å². The van der Waals surface area contributed by atoms with Crippen molar-refractivity contribution in [3.63, 3.8) is 0 Å². The van der Waals surface area contributed by atoms with Crippen molar-refractivity contribution in [2.24, 2.45) is 11.3 Å². The zero-order chi connectivity index (χ0) is 28.2. The number of fused-ring (bicyclic) bond motifs is 1. The van der Waals surface area contributed by atoms with Crippen LogP contribution in [0.5, 0.6) is 11.5 Å². The van der Waals surface area contributed by atoms with E-state index in [9.17, 15) is 9.59 Å². The van der Waals surface area contributed by atoms with Crippen LogP contribution in [0.3, 0.4) is 0 Å². The summed E-state index contributed by atoms with van der Waals surface area (Å²) in [6.07, 6.45) is 5.99. The van der Waals surface area contributed by atoms with Crippen LogP contribution in [-0.2, 0) is 21.4 Å². The van der Waals surface area contributed by atoms with E-state index in [1.165, 1.54) is 38.4 Å². The fourth-order valence-electron chi connectivity index (χ4n) is 5.23. The lowest BCUT2D eigenvalue weighted by molar-refractivity contribution is -0.142. The third-order valence-electron chi connectivity index (χ3n) is 7.61. The number of methoxy groups -OCH3 is 1. The lowest BCUT2D eigenvalue weighted by atomic mass is 9.87. The molecule has 208 valence electrons. The number of esters is 1. The smallest absolute Gasteiger partial charge is 0.306 e. The fourth-order valence-corrected chi connectivity index (χ4v) is 5.23. The van der Waals surface area contributed by atoms with Crippen LogP contribution in [-0.4, -0.2) is 30.5 Å². The highest BCUT2D eigenvalue weighted by molar-refractivity contribution is 5.97. The number of amides is 1. The Hall–Kier alpha value is -3.41. The van der Waals surface area contributed by atoms with Gasteiger partial charge in [0.1, 0.15) is 17.2 Å². The molecule has 2 aromatic carbocycles. The van der Waals surface area contributed by atoms with Gasteiger partial charge in [0, 0.05) is 17.6 Å². The Morgan fingerprint density at radius 1 is 0.949 bits per heavy atom. The molecule has 0 spiro atoms. The molecule has 1 saturated carbocycles. The van der Waals surface area contributed by atoms with E-state index in [0.29, 0.717) is 18.2 Å². The van der Waals surface area contributed by atoms with Crippen LogP contribution < -0.4 is 10.1 Å². The summed E-state index contributed by atoms with van der Waals surface area (Å²) in [5.74, 6) is 1.54. The summed E-state index contributed by atoms with van der Waals surface area (Å²) in [5, 5.41) is 4.97. The predicted octanol–water partition coefficient (Wildman–Crippen LogP) is 7.38. The first-order chi connectivity index (χ1) is 18.4. The van der Waals surface area contributed by atoms with E-state index in [0.717, 1.165) is 34.4 Å². The molecule has 0 radical (unpaired) electrons. The summed E-state index contributed by atoms with van der Waals surface area (Å²) in [7, 11) is 1.38. The summed E-state index contributed by atoms with van der Waals surface area (Å²) in [4.78, 5) is 29.9. The number of benzene rings is 2. The van der Waals surface area contributed by atoms with Crippen LogP contribution in [0.1, 0.15) is 88.5 Å². The van der Waals surface area contributed by atoms with Gasteiger partial charge in [0.05, 0.1) is 13.5 Å². The average Bonchev–Trinajstić information content (AvgIpc) is 3.39. The van der Waals surface area contributed by atoms with Crippen molar-refractivity contribution < 1.29 is 19.1 Å². The Morgan fingerprint density at radius 2 is 1.62 bits per heavy atom. The van der Waals surface area contributed by atoms with Gasteiger partial charge in [-0.05, 0) is 70.5 Å². The second-order valence-corrected chi connectivity index (χ2v) is 12.7. The van der Waals surface area contributed by atoms with E-state index in [1.54, 1.807) is 0 Å². The molecule has 6 heteroatoms. The molecule has 1 fully saturated rings. The largest absolute Gasteiger partial charge is 0.469 e. The highest BCUT2D eigenvalue weighted by atomic mass is 16.5. The van der Waals surface area contributed by atoms with Gasteiger partial charge < -0.3 is 14.8 Å². The molecule has 1 aliphatic rings. The summed E-state index contributed by atoms with van der Waals surface area (Å²) >= 11 is 0. The maximum absolute atomic E-state index is 13.2. The normalized spacial score (nSPS) is 14.4. The predicted molar refractivity (Wildman–Crippen MR) is 155 cm³/mol. The van der Waals surface area contributed by atoms with Crippen LogP contribution in [0.2, 0.25) is 0 Å². The standard InChI is InChI=1S/C33H42N2O4/c1-32(2,3)24-11-13-25(14-12-24)39-26-15-16-27-23(18-26)19-29(35-28(27)17-22-9-7-8-10-22)31(37)34-21-33(4,5)20-30(36)38-6/h11-16,18-19,22H,7-10,17,20-21H2,1-6H3,(H,34,37). The Bertz CT molecular complexity index is 1320. The van der Waals surface area contributed by atoms with Crippen molar-refractivity contribution in [3.8, 4) is 11.5 Å². The number of nitrogens with one attached hydrogen (secondary N) is 1. The Morgan fingerprint density at radius 3 is 2.26 bits per heavy atom. The maximum atomic E-state index is 13.2. The quantitative estimate of drug-likeness (QED) is 0.292. The first kappa shape index (κ1) is 28.6. The molecule has 1 amide bonds. The van der Waals surface area contributed by atoms with E-state index in [4.69, 9.17) is 14.5 Å². The number of ether oxygens (including phenoxy) is 2. The van der Waals surface area contributed by atoms with E-state index in [1.807, 2.05) is 44.2 Å². The number of hydrogen-bond donors (Lipinski definition) is 1. The van der Waals surface area contributed by atoms with Crippen LogP contribution in [0.15, 0.2) is 48.5 Å². The Labute approximate surface area is 232 Å². The number of carbonyl (C=O) groups excluding carboxylic acids is 2. The van der Waals surface area contributed by atoms with Crippen molar-refractivity contribution in [3.05, 3.63) is 65.5 Å². The molecule has 4 rings (SSSR count). The molecule has 6 nitrogen and oxygen atoms in total. The van der Waals surface area contributed by atoms with Crippen molar-refractivity contribution in [2.45, 2.75) is 78.6 Å². The Kier molecular flexibility index (Phi) is 8.63. The molecule has 0 saturated heterocycles. The Balaban J connectivity index is 1.60. The van der Waals surface area contributed by atoms with Crippen LogP contribution >= 0.6 is 0 Å². The third-order valence-corrected chi connectivity index (χ3v) is 7.61. The number of nitrogens with zero attached hydrogens (tertiary/aromatic N) is 1. The van der Waals surface area contributed by atoms with Gasteiger partial charge in [-0.2, -0.15) is 0 Å². The van der Waals surface area contributed by atoms with Gasteiger partial charge in [0.25, 0.3) is 5.91 Å². The monoisotopic (exact) mass is 530 g/mol. The number of carbonyl (C=O) groups is 2. The number of rotatable bonds is 9. The number of pyridine rings is 1. The molecule has 1 heterocycles. The molecule has 1 aromatic heterocycles. The van der Waals surface area contributed by atoms with E-state index >= 15 is 0 Å². The first-order valence-corrected chi connectivity index (χ1v) is 14.0. The van der Waals surface area contributed by atoms with Gasteiger partial charge in [-0.1, -0.05) is 72.4 Å². The molecule has 0 aliphatic heterocycles. The number of aromatic nitrogens is 1. The van der Waals surface area contributed by atoms with Gasteiger partial charge in [0.2, 0.25) is 0 Å². The zero-order valence-electron chi connectivity index (χ0n) is 24.2. The molecule has 0 unspecified atom stereocenters. The second kappa shape index (κ2) is 11.8. The SMILES string of the molecule is COC(=O)CC(C)(C)CNC(=O)c1cc2cc(Oc3ccc(C(C)(C)C)cc3)ccc2c(CC2CCCC2)n1. The maximum Gasteiger partial charge on any atom is 0.306 e. The van der Waals surface area contributed by atoms with Crippen molar-refractivity contribution >= 4 is 22.6 Å².